The Labute approximate surface area is 183 Å². The first-order valence-corrected chi connectivity index (χ1v) is 10.3. The Kier molecular flexibility index (Phi) is 4.91. The van der Waals surface area contributed by atoms with Crippen molar-refractivity contribution in [1.82, 2.24) is 19.7 Å². The molecule has 0 atom stereocenters. The van der Waals surface area contributed by atoms with Crippen LogP contribution >= 0.6 is 0 Å². The van der Waals surface area contributed by atoms with E-state index >= 15 is 0 Å². The number of hydrogen-bond donors (Lipinski definition) is 3. The topological polar surface area (TPSA) is 95.6 Å². The molecule has 3 heterocycles. The van der Waals surface area contributed by atoms with Crippen LogP contribution in [0.5, 0.6) is 0 Å². The zero-order valence-corrected chi connectivity index (χ0v) is 17.4. The van der Waals surface area contributed by atoms with Gasteiger partial charge < -0.3 is 15.3 Å². The molecule has 1 amide bonds. The monoisotopic (exact) mass is 423 g/mol. The van der Waals surface area contributed by atoms with Crippen LogP contribution in [0.2, 0.25) is 0 Å². The van der Waals surface area contributed by atoms with Crippen LogP contribution < -0.4 is 10.9 Å². The van der Waals surface area contributed by atoms with Gasteiger partial charge in [-0.05, 0) is 30.7 Å². The summed E-state index contributed by atoms with van der Waals surface area (Å²) < 4.78 is 1.76. The number of para-hydroxylation sites is 1. The molecule has 0 saturated heterocycles. The zero-order valence-electron chi connectivity index (χ0n) is 17.4. The minimum absolute atomic E-state index is 0.249. The Morgan fingerprint density at radius 3 is 2.62 bits per heavy atom. The van der Waals surface area contributed by atoms with Crippen LogP contribution in [-0.4, -0.2) is 25.7 Å². The van der Waals surface area contributed by atoms with E-state index in [1.165, 1.54) is 0 Å². The molecule has 0 radical (unpaired) electrons. The number of fused-ring (bicyclic) bond motifs is 1. The first kappa shape index (κ1) is 19.6. The van der Waals surface area contributed by atoms with Gasteiger partial charge in [-0.3, -0.25) is 14.3 Å². The highest BCUT2D eigenvalue weighted by Gasteiger charge is 2.16. The number of aromatic amines is 2. The molecule has 0 saturated carbocycles. The van der Waals surface area contributed by atoms with Crippen LogP contribution in [0.25, 0.3) is 22.2 Å². The quantitative estimate of drug-likeness (QED) is 0.393. The molecule has 5 rings (SSSR count). The number of hydrogen-bond acceptors (Lipinski definition) is 3. The minimum atomic E-state index is -0.310. The summed E-state index contributed by atoms with van der Waals surface area (Å²) in [6, 6.07) is 21.3. The van der Waals surface area contributed by atoms with Crippen molar-refractivity contribution in [2.45, 2.75) is 13.5 Å². The molecule has 3 aromatic heterocycles. The van der Waals surface area contributed by atoms with Gasteiger partial charge in [0.25, 0.3) is 11.5 Å². The summed E-state index contributed by atoms with van der Waals surface area (Å²) in [7, 11) is 0. The summed E-state index contributed by atoms with van der Waals surface area (Å²) in [5.41, 5.74) is 4.37. The van der Waals surface area contributed by atoms with Gasteiger partial charge in [-0.25, -0.2) is 0 Å². The van der Waals surface area contributed by atoms with E-state index in [9.17, 15) is 9.59 Å². The number of nitrogens with zero attached hydrogens (tertiary/aromatic N) is 2. The van der Waals surface area contributed by atoms with Crippen molar-refractivity contribution in [3.8, 4) is 11.3 Å². The van der Waals surface area contributed by atoms with Crippen molar-refractivity contribution >= 4 is 22.5 Å². The third-order valence-electron chi connectivity index (χ3n) is 5.38. The highest BCUT2D eigenvalue weighted by atomic mass is 16.2. The first-order chi connectivity index (χ1) is 15.6. The van der Waals surface area contributed by atoms with E-state index in [1.54, 1.807) is 30.1 Å². The molecule has 0 aliphatic carbocycles. The van der Waals surface area contributed by atoms with Gasteiger partial charge in [-0.2, -0.15) is 5.10 Å². The number of aromatic nitrogens is 4. The summed E-state index contributed by atoms with van der Waals surface area (Å²) >= 11 is 0. The maximum absolute atomic E-state index is 13.0. The number of rotatable bonds is 5. The van der Waals surface area contributed by atoms with Gasteiger partial charge in [-0.1, -0.05) is 48.5 Å². The van der Waals surface area contributed by atoms with Crippen molar-refractivity contribution in [1.29, 1.82) is 0 Å². The smallest absolute Gasteiger partial charge is 0.257 e. The molecular formula is C25H21N5O2. The Morgan fingerprint density at radius 1 is 1.03 bits per heavy atom. The van der Waals surface area contributed by atoms with Gasteiger partial charge in [0, 0.05) is 22.8 Å². The van der Waals surface area contributed by atoms with Crippen molar-refractivity contribution in [2.75, 3.05) is 5.32 Å². The molecule has 7 heteroatoms. The molecule has 0 bridgehead atoms. The van der Waals surface area contributed by atoms with Crippen LogP contribution in [0.1, 0.15) is 21.6 Å². The second-order valence-corrected chi connectivity index (χ2v) is 7.69. The number of H-pyrrole nitrogens is 2. The number of carbonyl (C=O) groups is 1. The molecule has 2 aromatic carbocycles. The highest BCUT2D eigenvalue weighted by Crippen LogP contribution is 2.23. The molecule has 0 aliphatic heterocycles. The molecule has 0 aliphatic rings. The van der Waals surface area contributed by atoms with Crippen LogP contribution in [0.15, 0.2) is 83.9 Å². The van der Waals surface area contributed by atoms with Crippen LogP contribution in [-0.2, 0) is 6.54 Å². The fraction of sp³-hybridized carbons (Fsp3) is 0.0800. The lowest BCUT2D eigenvalue weighted by Gasteiger charge is -2.08. The predicted molar refractivity (Wildman–Crippen MR) is 125 cm³/mol. The highest BCUT2D eigenvalue weighted by molar-refractivity contribution is 6.05. The van der Waals surface area contributed by atoms with Gasteiger partial charge in [0.1, 0.15) is 0 Å². The number of amides is 1. The fourth-order valence-electron chi connectivity index (χ4n) is 3.76. The van der Waals surface area contributed by atoms with E-state index in [4.69, 9.17) is 0 Å². The standard InChI is InChI=1S/C25H21N5O2/c1-16-20(12-21(25(32)27-16)23-11-18-9-5-6-10-22(18)29-23)24(31)28-19-13-26-30(15-19)14-17-7-3-2-4-8-17/h2-13,15,29H,14H2,1H3,(H,27,32)(H,28,31). The van der Waals surface area contributed by atoms with E-state index in [2.05, 4.69) is 20.4 Å². The van der Waals surface area contributed by atoms with E-state index < -0.39 is 0 Å². The molecular weight excluding hydrogens is 402 g/mol. The van der Waals surface area contributed by atoms with E-state index in [1.807, 2.05) is 60.7 Å². The molecule has 0 spiro atoms. The van der Waals surface area contributed by atoms with Crippen LogP contribution in [0.3, 0.4) is 0 Å². The summed E-state index contributed by atoms with van der Waals surface area (Å²) in [6.45, 7) is 2.32. The van der Waals surface area contributed by atoms with Gasteiger partial charge >= 0.3 is 0 Å². The maximum Gasteiger partial charge on any atom is 0.257 e. The molecule has 32 heavy (non-hydrogen) atoms. The lowest BCUT2D eigenvalue weighted by atomic mass is 10.1. The normalized spacial score (nSPS) is 11.0. The molecule has 158 valence electrons. The summed E-state index contributed by atoms with van der Waals surface area (Å²) in [4.78, 5) is 31.6. The largest absolute Gasteiger partial charge is 0.354 e. The third-order valence-corrected chi connectivity index (χ3v) is 5.38. The number of benzene rings is 2. The van der Waals surface area contributed by atoms with Crippen LogP contribution in [0, 0.1) is 6.92 Å². The van der Waals surface area contributed by atoms with Crippen molar-refractivity contribution in [3.63, 3.8) is 0 Å². The zero-order chi connectivity index (χ0) is 22.1. The number of pyridine rings is 1. The summed E-state index contributed by atoms with van der Waals surface area (Å²) in [6.07, 6.45) is 3.39. The van der Waals surface area contributed by atoms with Gasteiger partial charge in [0.15, 0.2) is 0 Å². The van der Waals surface area contributed by atoms with Gasteiger partial charge in [0.05, 0.1) is 35.2 Å². The Morgan fingerprint density at radius 2 is 1.81 bits per heavy atom. The van der Waals surface area contributed by atoms with Crippen molar-refractivity contribution in [3.05, 3.63) is 106 Å². The Balaban J connectivity index is 1.40. The van der Waals surface area contributed by atoms with E-state index in [-0.39, 0.29) is 11.5 Å². The van der Waals surface area contributed by atoms with E-state index in [0.717, 1.165) is 16.5 Å². The second-order valence-electron chi connectivity index (χ2n) is 7.69. The average Bonchev–Trinajstić information content (AvgIpc) is 3.41. The fourth-order valence-corrected chi connectivity index (χ4v) is 3.76. The third kappa shape index (κ3) is 3.83. The SMILES string of the molecule is Cc1[nH]c(=O)c(-c2cc3ccccc3[nH]2)cc1C(=O)Nc1cnn(Cc2ccccc2)c1. The minimum Gasteiger partial charge on any atom is -0.354 e. The predicted octanol–water partition coefficient (Wildman–Crippen LogP) is 4.33. The Hall–Kier alpha value is -4.39. The molecule has 3 N–H and O–H groups in total. The number of carbonyl (C=O) groups excluding carboxylic acids is 1. The molecule has 0 unspecified atom stereocenters. The average molecular weight is 423 g/mol. The molecule has 7 nitrogen and oxygen atoms in total. The lowest BCUT2D eigenvalue weighted by molar-refractivity contribution is 0.102. The first-order valence-electron chi connectivity index (χ1n) is 10.3. The second kappa shape index (κ2) is 8.03. The van der Waals surface area contributed by atoms with Gasteiger partial charge in [0.2, 0.25) is 0 Å². The molecule has 5 aromatic rings. The van der Waals surface area contributed by atoms with Gasteiger partial charge in [-0.15, -0.1) is 0 Å². The summed E-state index contributed by atoms with van der Waals surface area (Å²) in [5.74, 6) is -0.310. The molecule has 0 fully saturated rings. The van der Waals surface area contributed by atoms with E-state index in [0.29, 0.717) is 34.7 Å². The van der Waals surface area contributed by atoms with Crippen molar-refractivity contribution < 1.29 is 4.79 Å². The lowest BCUT2D eigenvalue weighted by Crippen LogP contribution is -2.19. The maximum atomic E-state index is 13.0. The summed E-state index contributed by atoms with van der Waals surface area (Å²) in [5, 5.41) is 8.20. The van der Waals surface area contributed by atoms with Crippen molar-refractivity contribution in [2.24, 2.45) is 0 Å². The van der Waals surface area contributed by atoms with Crippen LogP contribution in [0.4, 0.5) is 5.69 Å². The number of nitrogens with one attached hydrogen (secondary N) is 3. The number of anilines is 1. The Bertz CT molecular complexity index is 1440. The number of aryl methyl sites for hydroxylation is 1.